The second kappa shape index (κ2) is 6.62. The molecule has 1 aliphatic heterocycles. The molecule has 1 amide bonds. The highest BCUT2D eigenvalue weighted by molar-refractivity contribution is 7.98. The lowest BCUT2D eigenvalue weighted by Gasteiger charge is -2.28. The average Bonchev–Trinajstić information content (AvgIpc) is 3.01. The topological polar surface area (TPSA) is 108 Å². The molecule has 1 aliphatic rings. The SMILES string of the molecule is CSc1[nH]c2nc(CN3CCc4ccccc4C3)[nH]c(=O)c2c1C(N)=O. The lowest BCUT2D eigenvalue weighted by atomic mass is 10.00. The van der Waals surface area contributed by atoms with Gasteiger partial charge in [-0.05, 0) is 23.8 Å². The van der Waals surface area contributed by atoms with Crippen LogP contribution in [0.5, 0.6) is 0 Å². The zero-order valence-corrected chi connectivity index (χ0v) is 15.2. The fourth-order valence-corrected chi connectivity index (χ4v) is 4.10. The van der Waals surface area contributed by atoms with Gasteiger partial charge in [-0.25, -0.2) is 4.98 Å². The molecule has 7 nitrogen and oxygen atoms in total. The Bertz CT molecular complexity index is 1060. The van der Waals surface area contributed by atoms with Crippen LogP contribution in [-0.4, -0.2) is 38.6 Å². The van der Waals surface area contributed by atoms with Crippen LogP contribution in [0.25, 0.3) is 11.0 Å². The first-order chi connectivity index (χ1) is 12.6. The maximum absolute atomic E-state index is 12.5. The third-order valence-electron chi connectivity index (χ3n) is 4.71. The molecule has 0 spiro atoms. The van der Waals surface area contributed by atoms with Crippen molar-refractivity contribution in [1.29, 1.82) is 0 Å². The number of nitrogens with one attached hydrogen (secondary N) is 2. The van der Waals surface area contributed by atoms with Crippen LogP contribution in [0.4, 0.5) is 0 Å². The second-order valence-corrected chi connectivity index (χ2v) is 7.18. The molecule has 134 valence electrons. The van der Waals surface area contributed by atoms with Crippen molar-refractivity contribution in [3.05, 3.63) is 57.1 Å². The molecule has 1 aromatic carbocycles. The van der Waals surface area contributed by atoms with E-state index in [0.717, 1.165) is 19.5 Å². The lowest BCUT2D eigenvalue weighted by Crippen LogP contribution is -2.31. The minimum Gasteiger partial charge on any atom is -0.365 e. The molecule has 0 saturated heterocycles. The molecule has 0 unspecified atom stereocenters. The van der Waals surface area contributed by atoms with Gasteiger partial charge in [0.1, 0.15) is 11.5 Å². The summed E-state index contributed by atoms with van der Waals surface area (Å²) in [6.07, 6.45) is 2.80. The van der Waals surface area contributed by atoms with Crippen LogP contribution >= 0.6 is 11.8 Å². The van der Waals surface area contributed by atoms with Crippen LogP contribution in [0, 0.1) is 0 Å². The van der Waals surface area contributed by atoms with Crippen LogP contribution in [0.3, 0.4) is 0 Å². The molecule has 26 heavy (non-hydrogen) atoms. The van der Waals surface area contributed by atoms with Crippen molar-refractivity contribution >= 4 is 28.7 Å². The molecule has 0 saturated carbocycles. The summed E-state index contributed by atoms with van der Waals surface area (Å²) in [6, 6.07) is 8.40. The third-order valence-corrected chi connectivity index (χ3v) is 5.43. The summed E-state index contributed by atoms with van der Waals surface area (Å²) in [6.45, 7) is 2.27. The number of thioether (sulfide) groups is 1. The molecular formula is C18H19N5O2S. The Morgan fingerprint density at radius 2 is 2.08 bits per heavy atom. The van der Waals surface area contributed by atoms with Gasteiger partial charge in [0.25, 0.3) is 11.5 Å². The summed E-state index contributed by atoms with van der Waals surface area (Å²) in [5.41, 5.74) is 8.40. The van der Waals surface area contributed by atoms with Crippen molar-refractivity contribution in [2.24, 2.45) is 5.73 Å². The quantitative estimate of drug-likeness (QED) is 0.606. The molecule has 0 radical (unpaired) electrons. The Balaban J connectivity index is 1.66. The average molecular weight is 369 g/mol. The number of fused-ring (bicyclic) bond motifs is 2. The highest BCUT2D eigenvalue weighted by Crippen LogP contribution is 2.25. The number of hydrogen-bond acceptors (Lipinski definition) is 5. The van der Waals surface area contributed by atoms with Gasteiger partial charge in [0.15, 0.2) is 0 Å². The maximum Gasteiger partial charge on any atom is 0.261 e. The number of aromatic nitrogens is 3. The highest BCUT2D eigenvalue weighted by atomic mass is 32.2. The predicted octanol–water partition coefficient (Wildman–Crippen LogP) is 1.63. The van der Waals surface area contributed by atoms with Crippen LogP contribution in [0.1, 0.15) is 27.3 Å². The molecular weight excluding hydrogens is 350 g/mol. The summed E-state index contributed by atoms with van der Waals surface area (Å²) >= 11 is 1.33. The standard InChI is InChI=1S/C18H19N5O2S/c1-26-18-13(15(19)24)14-16(22-18)20-12(21-17(14)25)9-23-7-6-10-4-2-3-5-11(10)8-23/h2-5H,6-9H2,1H3,(H2,19,24)(H2,20,21,22,25). The van der Waals surface area contributed by atoms with Crippen molar-refractivity contribution in [3.63, 3.8) is 0 Å². The van der Waals surface area contributed by atoms with Gasteiger partial charge < -0.3 is 15.7 Å². The highest BCUT2D eigenvalue weighted by Gasteiger charge is 2.22. The summed E-state index contributed by atoms with van der Waals surface area (Å²) < 4.78 is 0. The van der Waals surface area contributed by atoms with Crippen LogP contribution in [-0.2, 0) is 19.5 Å². The van der Waals surface area contributed by atoms with Crippen LogP contribution in [0.15, 0.2) is 34.1 Å². The molecule has 0 fully saturated rings. The Hall–Kier alpha value is -2.58. The number of primary amides is 1. The molecule has 0 bridgehead atoms. The van der Waals surface area contributed by atoms with Gasteiger partial charge in [0.2, 0.25) is 0 Å². The predicted molar refractivity (Wildman–Crippen MR) is 101 cm³/mol. The van der Waals surface area contributed by atoms with Gasteiger partial charge in [0, 0.05) is 13.1 Å². The van der Waals surface area contributed by atoms with E-state index in [1.807, 2.05) is 12.3 Å². The van der Waals surface area contributed by atoms with E-state index in [-0.39, 0.29) is 16.5 Å². The van der Waals surface area contributed by atoms with Crippen molar-refractivity contribution in [2.75, 3.05) is 12.8 Å². The van der Waals surface area contributed by atoms with Crippen molar-refractivity contribution < 1.29 is 4.79 Å². The number of benzene rings is 1. The summed E-state index contributed by atoms with van der Waals surface area (Å²) in [4.78, 5) is 36.9. The van der Waals surface area contributed by atoms with Gasteiger partial charge in [-0.1, -0.05) is 24.3 Å². The van der Waals surface area contributed by atoms with Gasteiger partial charge >= 0.3 is 0 Å². The summed E-state index contributed by atoms with van der Waals surface area (Å²) in [5, 5.41) is 0.795. The van der Waals surface area contributed by atoms with Crippen LogP contribution < -0.4 is 11.3 Å². The van der Waals surface area contributed by atoms with E-state index < -0.39 is 5.91 Å². The summed E-state index contributed by atoms with van der Waals surface area (Å²) in [7, 11) is 0. The number of rotatable bonds is 4. The fourth-order valence-electron chi connectivity index (χ4n) is 3.49. The minimum absolute atomic E-state index is 0.208. The Kier molecular flexibility index (Phi) is 4.29. The number of amides is 1. The number of nitrogens with zero attached hydrogens (tertiary/aromatic N) is 2. The van der Waals surface area contributed by atoms with Gasteiger partial charge in [-0.2, -0.15) is 0 Å². The number of aromatic amines is 2. The van der Waals surface area contributed by atoms with E-state index in [1.165, 1.54) is 22.9 Å². The molecule has 8 heteroatoms. The van der Waals surface area contributed by atoms with E-state index in [0.29, 0.717) is 23.0 Å². The first-order valence-corrected chi connectivity index (χ1v) is 9.57. The van der Waals surface area contributed by atoms with Crippen LogP contribution in [0.2, 0.25) is 0 Å². The first-order valence-electron chi connectivity index (χ1n) is 8.34. The Morgan fingerprint density at radius 1 is 1.31 bits per heavy atom. The van der Waals surface area contributed by atoms with E-state index >= 15 is 0 Å². The number of hydrogen-bond donors (Lipinski definition) is 3. The molecule has 0 atom stereocenters. The summed E-state index contributed by atoms with van der Waals surface area (Å²) in [5.74, 6) is -0.0555. The third kappa shape index (κ3) is 2.91. The van der Waals surface area contributed by atoms with E-state index in [9.17, 15) is 9.59 Å². The molecule has 2 aromatic heterocycles. The normalized spacial score (nSPS) is 14.5. The number of carbonyl (C=O) groups is 1. The number of H-pyrrole nitrogens is 2. The van der Waals surface area contributed by atoms with E-state index in [1.54, 1.807) is 0 Å². The molecule has 4 N–H and O–H groups in total. The maximum atomic E-state index is 12.5. The zero-order valence-electron chi connectivity index (χ0n) is 14.3. The van der Waals surface area contributed by atoms with Crippen molar-refractivity contribution in [3.8, 4) is 0 Å². The fraction of sp³-hybridized carbons (Fsp3) is 0.278. The molecule has 3 aromatic rings. The number of carbonyl (C=O) groups excluding carboxylic acids is 1. The second-order valence-electron chi connectivity index (χ2n) is 6.36. The van der Waals surface area contributed by atoms with E-state index in [4.69, 9.17) is 5.73 Å². The largest absolute Gasteiger partial charge is 0.365 e. The molecule has 4 rings (SSSR count). The minimum atomic E-state index is -0.631. The van der Waals surface area contributed by atoms with Gasteiger partial charge in [-0.3, -0.25) is 14.5 Å². The Labute approximate surface area is 154 Å². The van der Waals surface area contributed by atoms with Gasteiger partial charge in [0.05, 0.1) is 22.5 Å². The lowest BCUT2D eigenvalue weighted by molar-refractivity contribution is 0.0999. The van der Waals surface area contributed by atoms with Gasteiger partial charge in [-0.15, -0.1) is 11.8 Å². The van der Waals surface area contributed by atoms with Crippen molar-refractivity contribution in [1.82, 2.24) is 19.9 Å². The molecule has 3 heterocycles. The molecule has 0 aliphatic carbocycles. The zero-order chi connectivity index (χ0) is 18.3. The van der Waals surface area contributed by atoms with E-state index in [2.05, 4.69) is 38.1 Å². The smallest absolute Gasteiger partial charge is 0.261 e. The first kappa shape index (κ1) is 16.9. The van der Waals surface area contributed by atoms with Crippen molar-refractivity contribution in [2.45, 2.75) is 24.5 Å². The number of nitrogens with two attached hydrogens (primary N) is 1. The Morgan fingerprint density at radius 3 is 2.81 bits per heavy atom. The monoisotopic (exact) mass is 369 g/mol.